The Morgan fingerprint density at radius 3 is 1.42 bits per heavy atom. The van der Waals surface area contributed by atoms with Crippen molar-refractivity contribution in [3.8, 4) is 0 Å². The molecule has 0 fully saturated rings. The van der Waals surface area contributed by atoms with Gasteiger partial charge in [-0.1, -0.05) is 24.3 Å². The molecule has 1 aromatic carbocycles. The molecule has 6 nitrogen and oxygen atoms in total. The Bertz CT molecular complexity index is 527. The fourth-order valence-corrected chi connectivity index (χ4v) is 3.71. The van der Waals surface area contributed by atoms with Crippen LogP contribution in [0.4, 0.5) is 0 Å². The van der Waals surface area contributed by atoms with Gasteiger partial charge in [0.15, 0.2) is 0 Å². The van der Waals surface area contributed by atoms with Crippen molar-refractivity contribution in [2.75, 3.05) is 0 Å². The molecular formula is C13H16N2O4. The molecule has 102 valence electrons. The second-order valence-corrected chi connectivity index (χ2v) is 5.98. The zero-order chi connectivity index (χ0) is 14.6. The molecule has 0 spiro atoms. The van der Waals surface area contributed by atoms with E-state index in [-0.39, 0.29) is 0 Å². The first kappa shape index (κ1) is 13.5. The van der Waals surface area contributed by atoms with Gasteiger partial charge in [-0.3, -0.25) is 20.2 Å². The molecule has 0 bridgehead atoms. The molecule has 0 N–H and O–H groups in total. The first-order valence-electron chi connectivity index (χ1n) is 6.00. The minimum atomic E-state index is -2.26. The number of benzene rings is 1. The van der Waals surface area contributed by atoms with E-state index in [9.17, 15) is 20.2 Å². The molecule has 0 unspecified atom stereocenters. The van der Waals surface area contributed by atoms with Gasteiger partial charge in [0.1, 0.15) is 20.7 Å². The van der Waals surface area contributed by atoms with Crippen LogP contribution >= 0.6 is 0 Å². The van der Waals surface area contributed by atoms with Crippen molar-refractivity contribution in [2.45, 2.75) is 44.2 Å². The Kier molecular flexibility index (Phi) is 2.50. The second-order valence-electron chi connectivity index (χ2n) is 5.98. The van der Waals surface area contributed by atoms with Gasteiger partial charge in [0.05, 0.1) is 0 Å². The predicted molar refractivity (Wildman–Crippen MR) is 69.2 cm³/mol. The summed E-state index contributed by atoms with van der Waals surface area (Å²) in [6, 6.07) is 7.00. The van der Waals surface area contributed by atoms with E-state index in [0.29, 0.717) is 11.1 Å². The van der Waals surface area contributed by atoms with Crippen LogP contribution in [0, 0.1) is 20.2 Å². The zero-order valence-corrected chi connectivity index (χ0v) is 11.3. The highest BCUT2D eigenvalue weighted by Gasteiger charge is 2.81. The lowest BCUT2D eigenvalue weighted by molar-refractivity contribution is -0.817. The van der Waals surface area contributed by atoms with E-state index < -0.39 is 26.3 Å². The SMILES string of the molecule is CC1(C)c2ccccc2C(C)(C)C1([N+](=O)[O-])[N+](=O)[O-]. The lowest BCUT2D eigenvalue weighted by Crippen LogP contribution is -2.65. The van der Waals surface area contributed by atoms with Crippen LogP contribution in [0.15, 0.2) is 24.3 Å². The summed E-state index contributed by atoms with van der Waals surface area (Å²) in [5.41, 5.74) is -3.27. The van der Waals surface area contributed by atoms with Gasteiger partial charge >= 0.3 is 5.66 Å². The molecule has 1 aliphatic carbocycles. The van der Waals surface area contributed by atoms with Gasteiger partial charge in [0, 0.05) is 0 Å². The highest BCUT2D eigenvalue weighted by atomic mass is 16.7. The summed E-state index contributed by atoms with van der Waals surface area (Å²) in [5, 5.41) is 23.3. The third-order valence-electron chi connectivity index (χ3n) is 4.55. The number of nitrogens with zero attached hydrogens (tertiary/aromatic N) is 2. The molecule has 0 aliphatic heterocycles. The van der Waals surface area contributed by atoms with Gasteiger partial charge in [-0.15, -0.1) is 0 Å². The Morgan fingerprint density at radius 1 is 0.842 bits per heavy atom. The summed E-state index contributed by atoms with van der Waals surface area (Å²) >= 11 is 0. The summed E-state index contributed by atoms with van der Waals surface area (Å²) < 4.78 is 0. The maximum Gasteiger partial charge on any atom is 0.475 e. The Labute approximate surface area is 110 Å². The maximum atomic E-state index is 11.6. The van der Waals surface area contributed by atoms with Gasteiger partial charge < -0.3 is 0 Å². The monoisotopic (exact) mass is 264 g/mol. The van der Waals surface area contributed by atoms with Crippen LogP contribution in [0.25, 0.3) is 0 Å². The third-order valence-corrected chi connectivity index (χ3v) is 4.55. The Hall–Kier alpha value is -1.98. The highest BCUT2D eigenvalue weighted by Crippen LogP contribution is 2.57. The van der Waals surface area contributed by atoms with Crippen molar-refractivity contribution in [3.05, 3.63) is 55.6 Å². The van der Waals surface area contributed by atoms with E-state index in [0.717, 1.165) is 0 Å². The zero-order valence-electron chi connectivity index (χ0n) is 11.3. The standard InChI is InChI=1S/C13H16N2O4/c1-11(2)9-7-5-6-8-10(9)12(3,4)13(11,14(16)17)15(18)19/h5-8H,1-4H3. The van der Waals surface area contributed by atoms with Crippen molar-refractivity contribution in [3.63, 3.8) is 0 Å². The predicted octanol–water partition coefficient (Wildman–Crippen LogP) is 2.51. The fraction of sp³-hybridized carbons (Fsp3) is 0.538. The molecule has 19 heavy (non-hydrogen) atoms. The number of fused-ring (bicyclic) bond motifs is 1. The Balaban J connectivity index is 2.93. The first-order chi connectivity index (χ1) is 8.61. The van der Waals surface area contributed by atoms with Gasteiger partial charge in [0.2, 0.25) is 0 Å². The van der Waals surface area contributed by atoms with E-state index >= 15 is 0 Å². The van der Waals surface area contributed by atoms with Crippen LogP contribution in [0.1, 0.15) is 38.8 Å². The van der Waals surface area contributed by atoms with E-state index in [2.05, 4.69) is 0 Å². The van der Waals surface area contributed by atoms with Crippen molar-refractivity contribution < 1.29 is 9.85 Å². The molecule has 0 saturated carbocycles. The van der Waals surface area contributed by atoms with Crippen LogP contribution in [0.3, 0.4) is 0 Å². The van der Waals surface area contributed by atoms with Gasteiger partial charge in [0.25, 0.3) is 0 Å². The van der Waals surface area contributed by atoms with Crippen molar-refractivity contribution >= 4 is 0 Å². The average Bonchev–Trinajstić information content (AvgIpc) is 2.41. The molecule has 0 saturated heterocycles. The quantitative estimate of drug-likeness (QED) is 0.466. The van der Waals surface area contributed by atoms with Crippen LogP contribution in [-0.2, 0) is 10.8 Å². The molecule has 2 rings (SSSR count). The molecule has 1 aliphatic rings. The molecule has 0 radical (unpaired) electrons. The minimum Gasteiger partial charge on any atom is -0.258 e. The van der Waals surface area contributed by atoms with Crippen LogP contribution < -0.4 is 0 Å². The topological polar surface area (TPSA) is 86.3 Å². The lowest BCUT2D eigenvalue weighted by Gasteiger charge is -2.33. The van der Waals surface area contributed by atoms with Gasteiger partial charge in [-0.2, -0.15) is 0 Å². The van der Waals surface area contributed by atoms with Crippen LogP contribution in [0.5, 0.6) is 0 Å². The average molecular weight is 264 g/mol. The third kappa shape index (κ3) is 1.21. The molecule has 0 amide bonds. The van der Waals surface area contributed by atoms with E-state index in [1.807, 2.05) is 0 Å². The normalized spacial score (nSPS) is 21.7. The van der Waals surface area contributed by atoms with E-state index in [1.165, 1.54) is 0 Å². The number of hydrogen-bond acceptors (Lipinski definition) is 4. The van der Waals surface area contributed by atoms with Crippen LogP contribution in [0.2, 0.25) is 0 Å². The molecule has 0 aromatic heterocycles. The number of nitro groups is 2. The summed E-state index contributed by atoms with van der Waals surface area (Å²) in [4.78, 5) is 21.8. The highest BCUT2D eigenvalue weighted by molar-refractivity contribution is 5.48. The molecular weight excluding hydrogens is 248 g/mol. The molecule has 6 heteroatoms. The second kappa shape index (κ2) is 3.53. The largest absolute Gasteiger partial charge is 0.475 e. The van der Waals surface area contributed by atoms with Gasteiger partial charge in [-0.05, 0) is 38.8 Å². The Morgan fingerprint density at radius 2 is 1.16 bits per heavy atom. The van der Waals surface area contributed by atoms with Crippen molar-refractivity contribution in [1.29, 1.82) is 0 Å². The lowest BCUT2D eigenvalue weighted by atomic mass is 9.70. The van der Waals surface area contributed by atoms with Crippen LogP contribution in [-0.4, -0.2) is 15.5 Å². The smallest absolute Gasteiger partial charge is 0.258 e. The molecule has 0 atom stereocenters. The minimum absolute atomic E-state index is 0.674. The van der Waals surface area contributed by atoms with E-state index in [4.69, 9.17) is 0 Å². The summed E-state index contributed by atoms with van der Waals surface area (Å²) in [7, 11) is 0. The van der Waals surface area contributed by atoms with Gasteiger partial charge in [-0.25, -0.2) is 0 Å². The maximum absolute atomic E-state index is 11.6. The summed E-state index contributed by atoms with van der Waals surface area (Å²) in [6.07, 6.45) is 0. The van der Waals surface area contributed by atoms with Crippen molar-refractivity contribution in [1.82, 2.24) is 0 Å². The van der Waals surface area contributed by atoms with E-state index in [1.54, 1.807) is 52.0 Å². The summed E-state index contributed by atoms with van der Waals surface area (Å²) in [6.45, 7) is 6.30. The molecule has 0 heterocycles. The van der Waals surface area contributed by atoms with Crippen molar-refractivity contribution in [2.24, 2.45) is 0 Å². The fourth-order valence-electron chi connectivity index (χ4n) is 3.71. The summed E-state index contributed by atoms with van der Waals surface area (Å²) in [5.74, 6) is 0. The molecule has 1 aromatic rings. The first-order valence-corrected chi connectivity index (χ1v) is 6.00. The number of hydrogen-bond donors (Lipinski definition) is 0. The number of rotatable bonds is 2.